The number of hydrogen-bond acceptors (Lipinski definition) is 3. The number of ether oxygens (including phenoxy) is 1. The molecule has 0 aliphatic heterocycles. The monoisotopic (exact) mass is 169 g/mol. The van der Waals surface area contributed by atoms with Gasteiger partial charge >= 0.3 is 0 Å². The first-order chi connectivity index (χ1) is 5.24. The van der Waals surface area contributed by atoms with Crippen LogP contribution in [0.4, 0.5) is 0 Å². The van der Waals surface area contributed by atoms with Crippen molar-refractivity contribution < 1.29 is 4.74 Å². The molecule has 11 heavy (non-hydrogen) atoms. The van der Waals surface area contributed by atoms with Gasteiger partial charge in [0.05, 0.1) is 12.5 Å². The molecule has 0 aliphatic carbocycles. The number of rotatable bonds is 2. The first-order valence-electron chi connectivity index (χ1n) is 3.31. The van der Waals surface area contributed by atoms with Crippen molar-refractivity contribution in [1.29, 1.82) is 0 Å². The molecule has 0 bridgehead atoms. The van der Waals surface area contributed by atoms with Crippen LogP contribution in [0, 0.1) is 0 Å². The van der Waals surface area contributed by atoms with Crippen LogP contribution in [-0.2, 0) is 0 Å². The molecule has 1 rings (SSSR count). The van der Waals surface area contributed by atoms with Crippen LogP contribution in [0.1, 0.15) is 10.9 Å². The SMILES string of the molecule is COc1cccc(C(N)S)c1. The van der Waals surface area contributed by atoms with Gasteiger partial charge in [0.15, 0.2) is 0 Å². The zero-order valence-electron chi connectivity index (χ0n) is 6.32. The molecular formula is C8H11NOS. The molecule has 3 heteroatoms. The molecule has 0 fully saturated rings. The largest absolute Gasteiger partial charge is 0.497 e. The van der Waals surface area contributed by atoms with Crippen LogP contribution in [0.15, 0.2) is 24.3 Å². The van der Waals surface area contributed by atoms with Gasteiger partial charge in [-0.15, -0.1) is 0 Å². The van der Waals surface area contributed by atoms with Gasteiger partial charge in [-0.2, -0.15) is 12.6 Å². The summed E-state index contributed by atoms with van der Waals surface area (Å²) >= 11 is 4.10. The van der Waals surface area contributed by atoms with Crippen LogP contribution in [0.25, 0.3) is 0 Å². The van der Waals surface area contributed by atoms with Crippen molar-refractivity contribution in [2.75, 3.05) is 7.11 Å². The second-order valence-corrected chi connectivity index (χ2v) is 2.78. The Morgan fingerprint density at radius 3 is 2.82 bits per heavy atom. The van der Waals surface area contributed by atoms with Crippen molar-refractivity contribution in [3.63, 3.8) is 0 Å². The van der Waals surface area contributed by atoms with Crippen LogP contribution in [0.3, 0.4) is 0 Å². The van der Waals surface area contributed by atoms with Gasteiger partial charge in [-0.3, -0.25) is 0 Å². The van der Waals surface area contributed by atoms with Crippen molar-refractivity contribution in [2.24, 2.45) is 5.73 Å². The number of benzene rings is 1. The first kappa shape index (κ1) is 8.43. The first-order valence-corrected chi connectivity index (χ1v) is 3.83. The Hall–Kier alpha value is -0.670. The van der Waals surface area contributed by atoms with E-state index in [1.807, 2.05) is 24.3 Å². The third-order valence-electron chi connectivity index (χ3n) is 1.44. The smallest absolute Gasteiger partial charge is 0.119 e. The molecule has 0 heterocycles. The number of methoxy groups -OCH3 is 1. The summed E-state index contributed by atoms with van der Waals surface area (Å²) in [6.07, 6.45) is 0. The summed E-state index contributed by atoms with van der Waals surface area (Å²) in [5.41, 5.74) is 6.51. The number of thiol groups is 1. The van der Waals surface area contributed by atoms with Gasteiger partial charge in [0.1, 0.15) is 5.75 Å². The summed E-state index contributed by atoms with van der Waals surface area (Å²) in [6, 6.07) is 7.56. The maximum absolute atomic E-state index is 5.55. The molecule has 0 spiro atoms. The van der Waals surface area contributed by atoms with Gasteiger partial charge in [0, 0.05) is 0 Å². The molecule has 1 aromatic rings. The van der Waals surface area contributed by atoms with Gasteiger partial charge in [0.2, 0.25) is 0 Å². The molecule has 2 nitrogen and oxygen atoms in total. The molecule has 0 aromatic heterocycles. The minimum absolute atomic E-state index is 0.231. The summed E-state index contributed by atoms with van der Waals surface area (Å²) in [6.45, 7) is 0. The molecule has 0 aliphatic rings. The predicted molar refractivity (Wildman–Crippen MR) is 48.9 cm³/mol. The van der Waals surface area contributed by atoms with Crippen molar-refractivity contribution in [3.8, 4) is 5.75 Å². The molecule has 0 saturated carbocycles. The lowest BCUT2D eigenvalue weighted by Gasteiger charge is -2.05. The Balaban J connectivity index is 2.91. The topological polar surface area (TPSA) is 35.2 Å². The average Bonchev–Trinajstić information content (AvgIpc) is 2.05. The lowest BCUT2D eigenvalue weighted by Crippen LogP contribution is -2.01. The lowest BCUT2D eigenvalue weighted by atomic mass is 10.2. The minimum Gasteiger partial charge on any atom is -0.497 e. The van der Waals surface area contributed by atoms with E-state index in [4.69, 9.17) is 10.5 Å². The van der Waals surface area contributed by atoms with Gasteiger partial charge in [-0.1, -0.05) is 12.1 Å². The zero-order valence-corrected chi connectivity index (χ0v) is 7.21. The Labute approximate surface area is 71.8 Å². The van der Waals surface area contributed by atoms with Crippen LogP contribution in [0.5, 0.6) is 5.75 Å². The maximum atomic E-state index is 5.55. The van der Waals surface area contributed by atoms with Crippen molar-refractivity contribution in [3.05, 3.63) is 29.8 Å². The van der Waals surface area contributed by atoms with E-state index in [9.17, 15) is 0 Å². The summed E-state index contributed by atoms with van der Waals surface area (Å²) in [7, 11) is 1.63. The Morgan fingerprint density at radius 2 is 2.27 bits per heavy atom. The molecule has 0 radical (unpaired) electrons. The second-order valence-electron chi connectivity index (χ2n) is 2.22. The summed E-state index contributed by atoms with van der Waals surface area (Å²) in [4.78, 5) is 0. The van der Waals surface area contributed by atoms with Crippen LogP contribution in [0.2, 0.25) is 0 Å². The fraction of sp³-hybridized carbons (Fsp3) is 0.250. The maximum Gasteiger partial charge on any atom is 0.119 e. The Morgan fingerprint density at radius 1 is 1.55 bits per heavy atom. The highest BCUT2D eigenvalue weighted by atomic mass is 32.1. The van der Waals surface area contributed by atoms with E-state index in [-0.39, 0.29) is 5.37 Å². The second kappa shape index (κ2) is 3.64. The van der Waals surface area contributed by atoms with Crippen LogP contribution in [-0.4, -0.2) is 7.11 Å². The molecule has 1 atom stereocenters. The van der Waals surface area contributed by atoms with Crippen molar-refractivity contribution in [2.45, 2.75) is 5.37 Å². The summed E-state index contributed by atoms with van der Waals surface area (Å²) in [5, 5.41) is -0.231. The van der Waals surface area contributed by atoms with E-state index in [1.165, 1.54) is 0 Å². The van der Waals surface area contributed by atoms with E-state index in [1.54, 1.807) is 7.11 Å². The van der Waals surface area contributed by atoms with Crippen molar-refractivity contribution in [1.82, 2.24) is 0 Å². The quantitative estimate of drug-likeness (QED) is 0.521. The van der Waals surface area contributed by atoms with Crippen LogP contribution >= 0.6 is 12.6 Å². The summed E-state index contributed by atoms with van der Waals surface area (Å²) in [5.74, 6) is 0.812. The highest BCUT2D eigenvalue weighted by Gasteiger charge is 1.99. The van der Waals surface area contributed by atoms with E-state index in [0.717, 1.165) is 11.3 Å². The zero-order chi connectivity index (χ0) is 8.27. The fourth-order valence-corrected chi connectivity index (χ4v) is 0.986. The normalized spacial score (nSPS) is 12.6. The standard InChI is InChI=1S/C8H11NOS/c1-10-7-4-2-3-6(5-7)8(9)11/h2-5,8,11H,9H2,1H3. The highest BCUT2D eigenvalue weighted by Crippen LogP contribution is 2.18. The Kier molecular flexibility index (Phi) is 2.79. The molecular weight excluding hydrogens is 158 g/mol. The molecule has 1 unspecified atom stereocenters. The molecule has 0 amide bonds. The van der Waals surface area contributed by atoms with E-state index < -0.39 is 0 Å². The third kappa shape index (κ3) is 2.13. The number of hydrogen-bond donors (Lipinski definition) is 2. The lowest BCUT2D eigenvalue weighted by molar-refractivity contribution is 0.414. The third-order valence-corrected chi connectivity index (χ3v) is 1.73. The van der Waals surface area contributed by atoms with E-state index in [0.29, 0.717) is 0 Å². The molecule has 2 N–H and O–H groups in total. The Bertz CT molecular complexity index is 237. The van der Waals surface area contributed by atoms with Crippen molar-refractivity contribution >= 4 is 12.6 Å². The predicted octanol–water partition coefficient (Wildman–Crippen LogP) is 1.58. The highest BCUT2D eigenvalue weighted by molar-refractivity contribution is 7.80. The minimum atomic E-state index is -0.231. The van der Waals surface area contributed by atoms with E-state index in [2.05, 4.69) is 12.6 Å². The molecule has 0 saturated heterocycles. The fourth-order valence-electron chi connectivity index (χ4n) is 0.825. The number of nitrogens with two attached hydrogens (primary N) is 1. The average molecular weight is 169 g/mol. The van der Waals surface area contributed by atoms with Crippen LogP contribution < -0.4 is 10.5 Å². The van der Waals surface area contributed by atoms with E-state index >= 15 is 0 Å². The van der Waals surface area contributed by atoms with Gasteiger partial charge in [0.25, 0.3) is 0 Å². The summed E-state index contributed by atoms with van der Waals surface area (Å²) < 4.78 is 5.02. The molecule has 1 aromatic carbocycles. The van der Waals surface area contributed by atoms with Gasteiger partial charge in [-0.25, -0.2) is 0 Å². The molecule has 60 valence electrons. The van der Waals surface area contributed by atoms with Gasteiger partial charge < -0.3 is 10.5 Å². The van der Waals surface area contributed by atoms with Gasteiger partial charge in [-0.05, 0) is 17.7 Å².